The van der Waals surface area contributed by atoms with Crippen molar-refractivity contribution in [3.05, 3.63) is 74.0 Å². The SMILES string of the molecule is O=C(N/N=C/c1ccc(F)c(Br)c1)c1cccc([N+](=O)[O-])c1. The smallest absolute Gasteiger partial charge is 0.267 e. The monoisotopic (exact) mass is 365 g/mol. The first kappa shape index (κ1) is 15.8. The van der Waals surface area contributed by atoms with E-state index < -0.39 is 16.6 Å². The molecule has 0 heterocycles. The second-order valence-electron chi connectivity index (χ2n) is 4.18. The van der Waals surface area contributed by atoms with Gasteiger partial charge in [-0.15, -0.1) is 0 Å². The molecule has 8 heteroatoms. The summed E-state index contributed by atoms with van der Waals surface area (Å²) in [4.78, 5) is 21.9. The standard InChI is InChI=1S/C14H9BrFN3O3/c15-12-6-9(4-5-13(12)16)8-17-18-14(20)10-2-1-3-11(7-10)19(21)22/h1-8H,(H,18,20)/b17-8+. The molecule has 2 aromatic rings. The maximum absolute atomic E-state index is 13.1. The quantitative estimate of drug-likeness (QED) is 0.512. The highest BCUT2D eigenvalue weighted by atomic mass is 79.9. The van der Waals surface area contributed by atoms with E-state index in [1.165, 1.54) is 42.6 Å². The van der Waals surface area contributed by atoms with Crippen LogP contribution in [0, 0.1) is 15.9 Å². The predicted octanol–water partition coefficient (Wildman–Crippen LogP) is 3.26. The third kappa shape index (κ3) is 3.95. The molecule has 0 radical (unpaired) electrons. The molecule has 0 fully saturated rings. The van der Waals surface area contributed by atoms with E-state index in [0.29, 0.717) is 5.56 Å². The molecular weight excluding hydrogens is 357 g/mol. The van der Waals surface area contributed by atoms with Crippen molar-refractivity contribution >= 4 is 33.7 Å². The fraction of sp³-hybridized carbons (Fsp3) is 0. The summed E-state index contributed by atoms with van der Waals surface area (Å²) in [6.07, 6.45) is 1.33. The van der Waals surface area contributed by atoms with Crippen LogP contribution < -0.4 is 5.43 Å². The summed E-state index contributed by atoms with van der Waals surface area (Å²) in [6.45, 7) is 0. The van der Waals surface area contributed by atoms with Gasteiger partial charge < -0.3 is 0 Å². The Labute approximate surface area is 132 Å². The van der Waals surface area contributed by atoms with E-state index in [-0.39, 0.29) is 15.7 Å². The molecule has 0 spiro atoms. The van der Waals surface area contributed by atoms with Gasteiger partial charge in [0.1, 0.15) is 5.82 Å². The van der Waals surface area contributed by atoms with Crippen LogP contribution in [0.1, 0.15) is 15.9 Å². The zero-order valence-electron chi connectivity index (χ0n) is 11.0. The highest BCUT2D eigenvalue weighted by Gasteiger charge is 2.10. The highest BCUT2D eigenvalue weighted by molar-refractivity contribution is 9.10. The van der Waals surface area contributed by atoms with E-state index in [1.54, 1.807) is 0 Å². The average Bonchev–Trinajstić information content (AvgIpc) is 2.51. The van der Waals surface area contributed by atoms with Crippen molar-refractivity contribution in [2.75, 3.05) is 0 Å². The largest absolute Gasteiger partial charge is 0.271 e. The molecule has 0 atom stereocenters. The zero-order valence-corrected chi connectivity index (χ0v) is 12.6. The Morgan fingerprint density at radius 2 is 2.09 bits per heavy atom. The molecule has 1 N–H and O–H groups in total. The molecule has 0 bridgehead atoms. The van der Waals surface area contributed by atoms with E-state index in [1.807, 2.05) is 0 Å². The first-order chi connectivity index (χ1) is 10.5. The summed E-state index contributed by atoms with van der Waals surface area (Å²) in [6, 6.07) is 9.53. The predicted molar refractivity (Wildman–Crippen MR) is 82.3 cm³/mol. The van der Waals surface area contributed by atoms with Crippen LogP contribution in [0.2, 0.25) is 0 Å². The minimum Gasteiger partial charge on any atom is -0.267 e. The molecule has 22 heavy (non-hydrogen) atoms. The van der Waals surface area contributed by atoms with Crippen LogP contribution >= 0.6 is 15.9 Å². The number of non-ortho nitro benzene ring substituents is 1. The topological polar surface area (TPSA) is 84.6 Å². The van der Waals surface area contributed by atoms with E-state index in [0.717, 1.165) is 6.07 Å². The van der Waals surface area contributed by atoms with Crippen LogP contribution in [-0.2, 0) is 0 Å². The van der Waals surface area contributed by atoms with E-state index in [2.05, 4.69) is 26.5 Å². The lowest BCUT2D eigenvalue weighted by atomic mass is 10.2. The van der Waals surface area contributed by atoms with Gasteiger partial charge in [0.2, 0.25) is 0 Å². The van der Waals surface area contributed by atoms with Crippen LogP contribution in [0.5, 0.6) is 0 Å². The van der Waals surface area contributed by atoms with Crippen molar-refractivity contribution in [1.82, 2.24) is 5.43 Å². The number of nitro groups is 1. The van der Waals surface area contributed by atoms with Crippen LogP contribution in [0.25, 0.3) is 0 Å². The van der Waals surface area contributed by atoms with Gasteiger partial charge >= 0.3 is 0 Å². The van der Waals surface area contributed by atoms with Gasteiger partial charge in [0, 0.05) is 17.7 Å². The van der Waals surface area contributed by atoms with Crippen molar-refractivity contribution in [1.29, 1.82) is 0 Å². The normalized spacial score (nSPS) is 10.6. The molecule has 0 saturated heterocycles. The van der Waals surface area contributed by atoms with Crippen LogP contribution in [0.15, 0.2) is 52.0 Å². The molecule has 6 nitrogen and oxygen atoms in total. The maximum atomic E-state index is 13.1. The Morgan fingerprint density at radius 1 is 1.32 bits per heavy atom. The number of nitrogens with zero attached hydrogens (tertiary/aromatic N) is 2. The van der Waals surface area contributed by atoms with Gasteiger partial charge in [0.25, 0.3) is 11.6 Å². The molecule has 0 unspecified atom stereocenters. The summed E-state index contributed by atoms with van der Waals surface area (Å²) in [5.41, 5.74) is 2.76. The number of amides is 1. The summed E-state index contributed by atoms with van der Waals surface area (Å²) < 4.78 is 13.3. The number of carbonyl (C=O) groups is 1. The lowest BCUT2D eigenvalue weighted by Crippen LogP contribution is -2.17. The first-order valence-corrected chi connectivity index (χ1v) is 6.79. The molecule has 0 aromatic heterocycles. The minimum atomic E-state index is -0.587. The molecule has 0 aliphatic rings. The highest BCUT2D eigenvalue weighted by Crippen LogP contribution is 2.16. The fourth-order valence-corrected chi connectivity index (χ4v) is 1.98. The van der Waals surface area contributed by atoms with Gasteiger partial charge in [-0.25, -0.2) is 9.82 Å². The molecule has 1 amide bonds. The van der Waals surface area contributed by atoms with Gasteiger partial charge in [-0.3, -0.25) is 14.9 Å². The number of nitro benzene ring substituents is 1. The molecule has 0 saturated carbocycles. The number of benzene rings is 2. The number of rotatable bonds is 4. The Balaban J connectivity index is 2.06. The third-order valence-electron chi connectivity index (χ3n) is 2.64. The van der Waals surface area contributed by atoms with Gasteiger partial charge in [0.15, 0.2) is 0 Å². The number of nitrogens with one attached hydrogen (secondary N) is 1. The number of halogens is 2. The van der Waals surface area contributed by atoms with Crippen LogP contribution in [-0.4, -0.2) is 17.0 Å². The molecule has 0 aliphatic carbocycles. The second kappa shape index (κ2) is 6.90. The van der Waals surface area contributed by atoms with Crippen molar-refractivity contribution in [2.24, 2.45) is 5.10 Å². The Hall–Kier alpha value is -2.61. The van der Waals surface area contributed by atoms with Crippen LogP contribution in [0.3, 0.4) is 0 Å². The van der Waals surface area contributed by atoms with Crippen molar-refractivity contribution in [2.45, 2.75) is 0 Å². The third-order valence-corrected chi connectivity index (χ3v) is 3.25. The van der Waals surface area contributed by atoms with Crippen molar-refractivity contribution in [3.63, 3.8) is 0 Å². The number of carbonyl (C=O) groups excluding carboxylic acids is 1. The number of hydrogen-bond acceptors (Lipinski definition) is 4. The molecule has 112 valence electrons. The number of hydrazone groups is 1. The second-order valence-corrected chi connectivity index (χ2v) is 5.03. The Kier molecular flexibility index (Phi) is 4.95. The van der Waals surface area contributed by atoms with E-state index in [4.69, 9.17) is 0 Å². The molecule has 2 rings (SSSR count). The first-order valence-electron chi connectivity index (χ1n) is 6.00. The van der Waals surface area contributed by atoms with Gasteiger partial charge in [-0.1, -0.05) is 12.1 Å². The van der Waals surface area contributed by atoms with Crippen molar-refractivity contribution in [3.8, 4) is 0 Å². The Bertz CT molecular complexity index is 765. The van der Waals surface area contributed by atoms with E-state index >= 15 is 0 Å². The fourth-order valence-electron chi connectivity index (χ4n) is 1.58. The lowest BCUT2D eigenvalue weighted by molar-refractivity contribution is -0.384. The minimum absolute atomic E-state index is 0.117. The van der Waals surface area contributed by atoms with Gasteiger partial charge in [-0.2, -0.15) is 5.10 Å². The number of hydrogen-bond donors (Lipinski definition) is 1. The van der Waals surface area contributed by atoms with Crippen molar-refractivity contribution < 1.29 is 14.1 Å². The lowest BCUT2D eigenvalue weighted by Gasteiger charge is -2.00. The Morgan fingerprint density at radius 3 is 2.77 bits per heavy atom. The summed E-state index contributed by atoms with van der Waals surface area (Å²) in [7, 11) is 0. The molecule has 0 aliphatic heterocycles. The zero-order chi connectivity index (χ0) is 16.1. The average molecular weight is 366 g/mol. The van der Waals surface area contributed by atoms with Gasteiger partial charge in [-0.05, 0) is 39.7 Å². The summed E-state index contributed by atoms with van der Waals surface area (Å²) in [5.74, 6) is -0.987. The van der Waals surface area contributed by atoms with Gasteiger partial charge in [0.05, 0.1) is 15.6 Å². The van der Waals surface area contributed by atoms with Crippen LogP contribution in [0.4, 0.5) is 10.1 Å². The van der Waals surface area contributed by atoms with E-state index in [9.17, 15) is 19.3 Å². The molecular formula is C14H9BrFN3O3. The molecule has 2 aromatic carbocycles. The maximum Gasteiger partial charge on any atom is 0.271 e. The summed E-state index contributed by atoms with van der Waals surface area (Å²) in [5, 5.41) is 14.4. The summed E-state index contributed by atoms with van der Waals surface area (Å²) >= 11 is 3.04.